The number of rotatable bonds is 6. The van der Waals surface area contributed by atoms with E-state index < -0.39 is 10.0 Å². The summed E-state index contributed by atoms with van der Waals surface area (Å²) in [6.45, 7) is 1.81. The molecule has 1 N–H and O–H groups in total. The molecule has 0 aliphatic carbocycles. The van der Waals surface area contributed by atoms with Gasteiger partial charge in [0.1, 0.15) is 11.5 Å². The molecule has 3 aromatic rings. The molecule has 0 spiro atoms. The van der Waals surface area contributed by atoms with Gasteiger partial charge in [-0.05, 0) is 73.2 Å². The van der Waals surface area contributed by atoms with Crippen LogP contribution in [0, 0.1) is 0 Å². The summed E-state index contributed by atoms with van der Waals surface area (Å²) in [6, 6.07) is 20.9. The van der Waals surface area contributed by atoms with Gasteiger partial charge in [0, 0.05) is 15.0 Å². The standard InChI is InChI=1S/C20H17Br2NO3S/c1-14(15-2-4-16(21)5-3-15)23-27(24,25)20-12-10-19(11-13-20)26-18-8-6-17(22)7-9-18/h2-14,23H,1H3/t14-/m0/s1. The van der Waals surface area contributed by atoms with E-state index in [1.807, 2.05) is 55.5 Å². The molecule has 27 heavy (non-hydrogen) atoms. The molecular formula is C20H17Br2NO3S. The third-order valence-corrected chi connectivity index (χ3v) is 6.50. The van der Waals surface area contributed by atoms with Gasteiger partial charge in [0.25, 0.3) is 0 Å². The van der Waals surface area contributed by atoms with Crippen LogP contribution in [0.5, 0.6) is 11.5 Å². The minimum absolute atomic E-state index is 0.189. The van der Waals surface area contributed by atoms with Crippen LogP contribution < -0.4 is 9.46 Å². The normalized spacial score (nSPS) is 12.6. The lowest BCUT2D eigenvalue weighted by molar-refractivity contribution is 0.482. The molecule has 0 aliphatic heterocycles. The lowest BCUT2D eigenvalue weighted by Gasteiger charge is -2.15. The number of hydrogen-bond acceptors (Lipinski definition) is 3. The molecule has 0 aliphatic rings. The molecule has 140 valence electrons. The molecule has 0 saturated carbocycles. The lowest BCUT2D eigenvalue weighted by atomic mass is 10.1. The highest BCUT2D eigenvalue weighted by atomic mass is 79.9. The highest BCUT2D eigenvalue weighted by molar-refractivity contribution is 9.10. The zero-order chi connectivity index (χ0) is 19.4. The first-order chi connectivity index (χ1) is 12.8. The van der Waals surface area contributed by atoms with E-state index in [1.54, 1.807) is 12.1 Å². The Bertz CT molecular complexity index is 1000. The van der Waals surface area contributed by atoms with Gasteiger partial charge in [0.05, 0.1) is 4.90 Å². The monoisotopic (exact) mass is 509 g/mol. The van der Waals surface area contributed by atoms with Gasteiger partial charge in [-0.25, -0.2) is 13.1 Å². The zero-order valence-electron chi connectivity index (χ0n) is 14.4. The number of halogens is 2. The molecule has 4 nitrogen and oxygen atoms in total. The molecule has 0 radical (unpaired) electrons. The zero-order valence-corrected chi connectivity index (χ0v) is 18.4. The minimum Gasteiger partial charge on any atom is -0.457 e. The Morgan fingerprint density at radius 1 is 0.778 bits per heavy atom. The van der Waals surface area contributed by atoms with Gasteiger partial charge in [-0.1, -0.05) is 44.0 Å². The predicted molar refractivity (Wildman–Crippen MR) is 114 cm³/mol. The molecule has 0 fully saturated rings. The number of nitrogens with one attached hydrogen (secondary N) is 1. The first-order valence-corrected chi connectivity index (χ1v) is 11.2. The highest BCUT2D eigenvalue weighted by Crippen LogP contribution is 2.25. The number of hydrogen-bond donors (Lipinski definition) is 1. The van der Waals surface area contributed by atoms with E-state index in [-0.39, 0.29) is 10.9 Å². The summed E-state index contributed by atoms with van der Waals surface area (Å²) in [5.74, 6) is 1.24. The summed E-state index contributed by atoms with van der Waals surface area (Å²) in [5, 5.41) is 0. The highest BCUT2D eigenvalue weighted by Gasteiger charge is 2.18. The molecule has 0 amide bonds. The fraction of sp³-hybridized carbons (Fsp3) is 0.100. The third kappa shape index (κ3) is 5.42. The van der Waals surface area contributed by atoms with Crippen LogP contribution in [0.15, 0.2) is 86.6 Å². The van der Waals surface area contributed by atoms with E-state index in [9.17, 15) is 8.42 Å². The Hall–Kier alpha value is -1.67. The summed E-state index contributed by atoms with van der Waals surface area (Å²) in [6.07, 6.45) is 0. The van der Waals surface area contributed by atoms with Crippen LogP contribution in [0.3, 0.4) is 0 Å². The van der Waals surface area contributed by atoms with Gasteiger partial charge >= 0.3 is 0 Å². The molecule has 3 rings (SSSR count). The summed E-state index contributed by atoms with van der Waals surface area (Å²) in [4.78, 5) is 0.189. The van der Waals surface area contributed by atoms with Crippen molar-refractivity contribution in [2.45, 2.75) is 17.9 Å². The van der Waals surface area contributed by atoms with Gasteiger partial charge in [-0.3, -0.25) is 0 Å². The maximum atomic E-state index is 12.6. The van der Waals surface area contributed by atoms with Crippen LogP contribution in [0.1, 0.15) is 18.5 Å². The topological polar surface area (TPSA) is 55.4 Å². The van der Waals surface area contributed by atoms with Crippen molar-refractivity contribution in [1.29, 1.82) is 0 Å². The second-order valence-electron chi connectivity index (χ2n) is 5.92. The molecule has 1 atom stereocenters. The third-order valence-electron chi connectivity index (χ3n) is 3.89. The molecule has 0 bridgehead atoms. The fourth-order valence-electron chi connectivity index (χ4n) is 2.45. The molecule has 0 unspecified atom stereocenters. The Labute approximate surface area is 175 Å². The van der Waals surface area contributed by atoms with Crippen molar-refractivity contribution >= 4 is 41.9 Å². The largest absolute Gasteiger partial charge is 0.457 e. The van der Waals surface area contributed by atoms with E-state index in [1.165, 1.54) is 12.1 Å². The number of sulfonamides is 1. The predicted octanol–water partition coefficient (Wildman–Crippen LogP) is 6.04. The fourth-order valence-corrected chi connectivity index (χ4v) is 4.21. The Balaban J connectivity index is 1.71. The Morgan fingerprint density at radius 3 is 1.74 bits per heavy atom. The van der Waals surface area contributed by atoms with Crippen LogP contribution >= 0.6 is 31.9 Å². The van der Waals surface area contributed by atoms with Crippen LogP contribution in [0.25, 0.3) is 0 Å². The first kappa shape index (κ1) is 20.1. The van der Waals surface area contributed by atoms with Crippen molar-refractivity contribution < 1.29 is 13.2 Å². The average molecular weight is 511 g/mol. The van der Waals surface area contributed by atoms with Gasteiger partial charge < -0.3 is 4.74 Å². The number of benzene rings is 3. The quantitative estimate of drug-likeness (QED) is 0.439. The summed E-state index contributed by atoms with van der Waals surface area (Å²) >= 11 is 6.74. The van der Waals surface area contributed by atoms with Crippen molar-refractivity contribution in [2.24, 2.45) is 0 Å². The molecule has 3 aromatic carbocycles. The van der Waals surface area contributed by atoms with Gasteiger partial charge in [0.2, 0.25) is 10.0 Å². The smallest absolute Gasteiger partial charge is 0.241 e. The lowest BCUT2D eigenvalue weighted by Crippen LogP contribution is -2.26. The second-order valence-corrected chi connectivity index (χ2v) is 9.47. The van der Waals surface area contributed by atoms with E-state index in [0.29, 0.717) is 11.5 Å². The van der Waals surface area contributed by atoms with E-state index in [2.05, 4.69) is 36.6 Å². The van der Waals surface area contributed by atoms with Crippen LogP contribution in [-0.2, 0) is 10.0 Å². The molecule has 7 heteroatoms. The van der Waals surface area contributed by atoms with Crippen molar-refractivity contribution in [2.75, 3.05) is 0 Å². The van der Waals surface area contributed by atoms with Gasteiger partial charge in [0.15, 0.2) is 0 Å². The van der Waals surface area contributed by atoms with Crippen molar-refractivity contribution in [1.82, 2.24) is 4.72 Å². The van der Waals surface area contributed by atoms with Crippen LogP contribution in [0.2, 0.25) is 0 Å². The van der Waals surface area contributed by atoms with Gasteiger partial charge in [-0.15, -0.1) is 0 Å². The average Bonchev–Trinajstić information content (AvgIpc) is 2.64. The molecule has 0 saturated heterocycles. The molecule has 0 heterocycles. The minimum atomic E-state index is -3.64. The van der Waals surface area contributed by atoms with E-state index in [4.69, 9.17) is 4.74 Å². The maximum Gasteiger partial charge on any atom is 0.241 e. The van der Waals surface area contributed by atoms with Crippen LogP contribution in [-0.4, -0.2) is 8.42 Å². The van der Waals surface area contributed by atoms with Crippen LogP contribution in [0.4, 0.5) is 0 Å². The van der Waals surface area contributed by atoms with Gasteiger partial charge in [-0.2, -0.15) is 0 Å². The van der Waals surface area contributed by atoms with Crippen molar-refractivity contribution in [3.05, 3.63) is 87.3 Å². The summed E-state index contributed by atoms with van der Waals surface area (Å²) in [7, 11) is -3.64. The molecular weight excluding hydrogens is 494 g/mol. The number of ether oxygens (including phenoxy) is 1. The molecule has 0 aromatic heterocycles. The maximum absolute atomic E-state index is 12.6. The first-order valence-electron chi connectivity index (χ1n) is 8.15. The van der Waals surface area contributed by atoms with E-state index >= 15 is 0 Å². The Morgan fingerprint density at radius 2 is 1.22 bits per heavy atom. The van der Waals surface area contributed by atoms with Crippen molar-refractivity contribution in [3.63, 3.8) is 0 Å². The SMILES string of the molecule is C[C@H](NS(=O)(=O)c1ccc(Oc2ccc(Br)cc2)cc1)c1ccc(Br)cc1. The summed E-state index contributed by atoms with van der Waals surface area (Å²) in [5.41, 5.74) is 0.886. The van der Waals surface area contributed by atoms with E-state index in [0.717, 1.165) is 14.5 Å². The second kappa shape index (κ2) is 8.56. The summed E-state index contributed by atoms with van der Waals surface area (Å²) < 4.78 is 35.6. The Kier molecular flexibility index (Phi) is 6.37. The van der Waals surface area contributed by atoms with Crippen molar-refractivity contribution in [3.8, 4) is 11.5 Å².